The molecule has 1 fully saturated rings. The van der Waals surface area contributed by atoms with Crippen LogP contribution in [0.25, 0.3) is 0 Å². The largest absolute Gasteiger partial charge is 0.386 e. The molecule has 0 amide bonds. The molecule has 0 unspecified atom stereocenters. The van der Waals surface area contributed by atoms with E-state index in [1.54, 1.807) is 0 Å². The van der Waals surface area contributed by atoms with Gasteiger partial charge in [-0.3, -0.25) is 0 Å². The van der Waals surface area contributed by atoms with Crippen LogP contribution < -0.4 is 0 Å². The third-order valence-corrected chi connectivity index (χ3v) is 4.23. The van der Waals surface area contributed by atoms with E-state index in [0.29, 0.717) is 11.1 Å². The van der Waals surface area contributed by atoms with Crippen molar-refractivity contribution in [1.82, 2.24) is 0 Å². The quantitative estimate of drug-likeness (QED) is 0.202. The predicted molar refractivity (Wildman–Crippen MR) is 94.0 cm³/mol. The number of hydrogen-bond acceptors (Lipinski definition) is 3. The lowest BCUT2D eigenvalue weighted by molar-refractivity contribution is -0.149. The minimum Gasteiger partial charge on any atom is -0.386 e. The Balaban J connectivity index is 2.44. The fraction of sp³-hybridized carbons (Fsp3) is 0.700. The maximum atomic E-state index is 11.8. The summed E-state index contributed by atoms with van der Waals surface area (Å²) < 4.78 is 4.76. The highest BCUT2D eigenvalue weighted by Crippen LogP contribution is 2.24. The highest BCUT2D eigenvalue weighted by atomic mass is 16.6. The van der Waals surface area contributed by atoms with Gasteiger partial charge in [-0.15, -0.1) is 0 Å². The Hall–Kier alpha value is -1.38. The van der Waals surface area contributed by atoms with Gasteiger partial charge in [-0.2, -0.15) is 0 Å². The Kier molecular flexibility index (Phi) is 10.3. The molecule has 1 rings (SSSR count). The van der Waals surface area contributed by atoms with E-state index < -0.39 is 11.9 Å². The minimum absolute atomic E-state index is 0.471. The molecular formula is C20H32O3. The molecule has 1 aliphatic rings. The summed E-state index contributed by atoms with van der Waals surface area (Å²) in [5, 5.41) is 0. The van der Waals surface area contributed by atoms with Crippen LogP contribution in [0.2, 0.25) is 0 Å². The van der Waals surface area contributed by atoms with Gasteiger partial charge < -0.3 is 4.74 Å². The summed E-state index contributed by atoms with van der Waals surface area (Å²) in [4.78, 5) is 23.6. The molecule has 1 aliphatic heterocycles. The van der Waals surface area contributed by atoms with Crippen molar-refractivity contribution in [2.75, 3.05) is 0 Å². The second kappa shape index (κ2) is 12.1. The number of rotatable bonds is 12. The molecule has 1 heterocycles. The van der Waals surface area contributed by atoms with Gasteiger partial charge in [-0.05, 0) is 25.7 Å². The van der Waals surface area contributed by atoms with E-state index in [1.807, 2.05) is 12.2 Å². The van der Waals surface area contributed by atoms with Crippen LogP contribution in [-0.4, -0.2) is 11.9 Å². The van der Waals surface area contributed by atoms with E-state index in [4.69, 9.17) is 4.74 Å². The van der Waals surface area contributed by atoms with Crippen LogP contribution in [0.3, 0.4) is 0 Å². The van der Waals surface area contributed by atoms with Gasteiger partial charge in [-0.1, -0.05) is 77.4 Å². The molecule has 0 bridgehead atoms. The lowest BCUT2D eigenvalue weighted by Crippen LogP contribution is -1.97. The van der Waals surface area contributed by atoms with Crippen molar-refractivity contribution in [1.29, 1.82) is 0 Å². The van der Waals surface area contributed by atoms with Crippen LogP contribution in [0, 0.1) is 0 Å². The predicted octanol–water partition coefficient (Wildman–Crippen LogP) is 5.64. The fourth-order valence-electron chi connectivity index (χ4n) is 2.79. The maximum Gasteiger partial charge on any atom is 0.346 e. The lowest BCUT2D eigenvalue weighted by atomic mass is 10.0. The van der Waals surface area contributed by atoms with Crippen molar-refractivity contribution in [3.8, 4) is 0 Å². The summed E-state index contributed by atoms with van der Waals surface area (Å²) in [6.45, 7) is 4.39. The second-order valence-corrected chi connectivity index (χ2v) is 6.32. The van der Waals surface area contributed by atoms with E-state index in [9.17, 15) is 9.59 Å². The van der Waals surface area contributed by atoms with E-state index in [1.165, 1.54) is 51.4 Å². The zero-order valence-corrected chi connectivity index (χ0v) is 14.9. The van der Waals surface area contributed by atoms with Crippen LogP contribution >= 0.6 is 0 Å². The summed E-state index contributed by atoms with van der Waals surface area (Å²) >= 11 is 0. The number of ether oxygens (including phenoxy) is 1. The molecule has 0 atom stereocenters. The van der Waals surface area contributed by atoms with Gasteiger partial charge in [0.15, 0.2) is 0 Å². The molecule has 0 saturated carbocycles. The molecule has 0 aromatic rings. The standard InChI is InChI=1S/C20H32O3/c1-3-5-7-9-11-13-15-17-18(20(22)23-19(17)21)16-14-12-10-8-6-4-2/h15-16H,3-14H2,1-2H3. The Labute approximate surface area is 141 Å². The number of cyclic esters (lactones) is 2. The van der Waals surface area contributed by atoms with Gasteiger partial charge >= 0.3 is 11.9 Å². The van der Waals surface area contributed by atoms with Crippen LogP contribution in [0.4, 0.5) is 0 Å². The summed E-state index contributed by atoms with van der Waals surface area (Å²) in [7, 11) is 0. The summed E-state index contributed by atoms with van der Waals surface area (Å²) in [5.41, 5.74) is 0.970. The normalized spacial score (nSPS) is 18.2. The number of unbranched alkanes of at least 4 members (excludes halogenated alkanes) is 10. The molecule has 23 heavy (non-hydrogen) atoms. The van der Waals surface area contributed by atoms with Gasteiger partial charge in [0.2, 0.25) is 0 Å². The minimum atomic E-state index is -0.471. The third kappa shape index (κ3) is 7.62. The summed E-state index contributed by atoms with van der Waals surface area (Å²) in [5.74, 6) is -0.943. The Bertz CT molecular complexity index is 392. The summed E-state index contributed by atoms with van der Waals surface area (Å²) in [6, 6.07) is 0. The number of allylic oxidation sites excluding steroid dienone is 2. The number of carbonyl (C=O) groups is 2. The molecule has 0 spiro atoms. The van der Waals surface area contributed by atoms with Gasteiger partial charge in [-0.25, -0.2) is 9.59 Å². The molecule has 0 N–H and O–H groups in total. The Morgan fingerprint density at radius 2 is 1.04 bits per heavy atom. The Morgan fingerprint density at radius 1 is 0.652 bits per heavy atom. The molecule has 0 aromatic carbocycles. The van der Waals surface area contributed by atoms with Gasteiger partial charge in [0.25, 0.3) is 0 Å². The van der Waals surface area contributed by atoms with Gasteiger partial charge in [0.1, 0.15) is 0 Å². The molecule has 3 nitrogen and oxygen atoms in total. The number of esters is 2. The van der Waals surface area contributed by atoms with Crippen LogP contribution in [0.15, 0.2) is 23.3 Å². The van der Waals surface area contributed by atoms with E-state index in [2.05, 4.69) is 13.8 Å². The SMILES string of the molecule is CCCCCCCC=C1C(=O)OC(=O)C1=CCCCCCCC. The van der Waals surface area contributed by atoms with Crippen molar-refractivity contribution in [3.63, 3.8) is 0 Å². The zero-order chi connectivity index (χ0) is 16.9. The molecule has 0 aromatic heterocycles. The third-order valence-electron chi connectivity index (χ3n) is 4.23. The van der Waals surface area contributed by atoms with E-state index in [0.717, 1.165) is 25.7 Å². The molecule has 3 heteroatoms. The highest BCUT2D eigenvalue weighted by Gasteiger charge is 2.32. The van der Waals surface area contributed by atoms with Gasteiger partial charge in [0.05, 0.1) is 11.1 Å². The first-order chi connectivity index (χ1) is 11.2. The molecule has 1 saturated heterocycles. The second-order valence-electron chi connectivity index (χ2n) is 6.32. The van der Waals surface area contributed by atoms with Gasteiger partial charge in [0, 0.05) is 0 Å². The highest BCUT2D eigenvalue weighted by molar-refractivity contribution is 6.18. The Morgan fingerprint density at radius 3 is 1.43 bits per heavy atom. The number of carbonyl (C=O) groups excluding carboxylic acids is 2. The lowest BCUT2D eigenvalue weighted by Gasteiger charge is -1.99. The van der Waals surface area contributed by atoms with Crippen LogP contribution in [0.5, 0.6) is 0 Å². The molecule has 0 aliphatic carbocycles. The average molecular weight is 320 g/mol. The maximum absolute atomic E-state index is 11.8. The van der Waals surface area contributed by atoms with Crippen molar-refractivity contribution in [3.05, 3.63) is 23.3 Å². The summed E-state index contributed by atoms with van der Waals surface area (Å²) in [6.07, 6.45) is 17.4. The van der Waals surface area contributed by atoms with Crippen LogP contribution in [-0.2, 0) is 14.3 Å². The van der Waals surface area contributed by atoms with Crippen LogP contribution in [0.1, 0.15) is 90.9 Å². The van der Waals surface area contributed by atoms with Crippen molar-refractivity contribution in [2.45, 2.75) is 90.9 Å². The smallest absolute Gasteiger partial charge is 0.346 e. The molecular weight excluding hydrogens is 288 g/mol. The topological polar surface area (TPSA) is 43.4 Å². The first-order valence-corrected chi connectivity index (χ1v) is 9.37. The molecule has 130 valence electrons. The van der Waals surface area contributed by atoms with E-state index in [-0.39, 0.29) is 0 Å². The first kappa shape index (κ1) is 19.7. The molecule has 0 radical (unpaired) electrons. The fourth-order valence-corrected chi connectivity index (χ4v) is 2.79. The van der Waals surface area contributed by atoms with E-state index >= 15 is 0 Å². The van der Waals surface area contributed by atoms with Crippen molar-refractivity contribution < 1.29 is 14.3 Å². The van der Waals surface area contributed by atoms with Crippen molar-refractivity contribution >= 4 is 11.9 Å². The first-order valence-electron chi connectivity index (χ1n) is 9.37. The monoisotopic (exact) mass is 320 g/mol. The van der Waals surface area contributed by atoms with Crippen molar-refractivity contribution in [2.24, 2.45) is 0 Å². The number of hydrogen-bond donors (Lipinski definition) is 0. The average Bonchev–Trinajstić information content (AvgIpc) is 2.80. The zero-order valence-electron chi connectivity index (χ0n) is 14.9.